The van der Waals surface area contributed by atoms with Gasteiger partial charge in [-0.1, -0.05) is 29.8 Å². The van der Waals surface area contributed by atoms with Gasteiger partial charge in [0.2, 0.25) is 11.8 Å². The zero-order chi connectivity index (χ0) is 17.7. The number of carbonyl (C=O) groups excluding carboxylic acids is 2. The SMILES string of the molecule is C=CC(=O)N1CCN(C(=O)CCCc2cc(Cl)c(Cl)cc2I)CC1. The van der Waals surface area contributed by atoms with E-state index >= 15 is 0 Å². The van der Waals surface area contributed by atoms with Crippen LogP contribution in [0.4, 0.5) is 0 Å². The number of aryl methyl sites for hydroxylation is 1. The lowest BCUT2D eigenvalue weighted by molar-refractivity contribution is -0.137. The van der Waals surface area contributed by atoms with Crippen LogP contribution in [0.3, 0.4) is 0 Å². The Bertz CT molecular complexity index is 644. The first-order valence-electron chi connectivity index (χ1n) is 7.75. The number of nitrogens with zero attached hydrogens (tertiary/aromatic N) is 2. The summed E-state index contributed by atoms with van der Waals surface area (Å²) in [4.78, 5) is 27.4. The molecular formula is C17H19Cl2IN2O2. The molecule has 24 heavy (non-hydrogen) atoms. The standard InChI is InChI=1S/C17H19Cl2IN2O2/c1-2-16(23)21-6-8-22(9-7-21)17(24)5-3-4-12-10-13(18)14(19)11-15(12)20/h2,10-11H,1,3-9H2. The van der Waals surface area contributed by atoms with Crippen LogP contribution in [0.2, 0.25) is 10.0 Å². The second-order valence-corrected chi connectivity index (χ2v) is 7.60. The molecule has 1 fully saturated rings. The average Bonchev–Trinajstić information content (AvgIpc) is 2.58. The molecule has 0 aliphatic carbocycles. The number of hydrogen-bond acceptors (Lipinski definition) is 2. The molecule has 0 aromatic heterocycles. The molecule has 1 aromatic carbocycles. The van der Waals surface area contributed by atoms with Gasteiger partial charge >= 0.3 is 0 Å². The highest BCUT2D eigenvalue weighted by Crippen LogP contribution is 2.27. The molecule has 4 nitrogen and oxygen atoms in total. The van der Waals surface area contributed by atoms with Crippen molar-refractivity contribution in [2.45, 2.75) is 19.3 Å². The summed E-state index contributed by atoms with van der Waals surface area (Å²) in [7, 11) is 0. The Morgan fingerprint density at radius 3 is 2.33 bits per heavy atom. The van der Waals surface area contributed by atoms with Gasteiger partial charge in [0.05, 0.1) is 10.0 Å². The van der Waals surface area contributed by atoms with Gasteiger partial charge in [-0.25, -0.2) is 0 Å². The number of halogens is 3. The van der Waals surface area contributed by atoms with Gasteiger partial charge in [0.15, 0.2) is 0 Å². The Hall–Kier alpha value is -0.790. The average molecular weight is 481 g/mol. The van der Waals surface area contributed by atoms with Crippen molar-refractivity contribution in [3.63, 3.8) is 0 Å². The summed E-state index contributed by atoms with van der Waals surface area (Å²) in [6.45, 7) is 5.80. The Morgan fingerprint density at radius 1 is 1.12 bits per heavy atom. The van der Waals surface area contributed by atoms with Gasteiger partial charge in [-0.3, -0.25) is 9.59 Å². The third kappa shape index (κ3) is 5.10. The van der Waals surface area contributed by atoms with Crippen molar-refractivity contribution in [2.24, 2.45) is 0 Å². The van der Waals surface area contributed by atoms with Crippen LogP contribution in [0.15, 0.2) is 24.8 Å². The molecule has 1 aliphatic heterocycles. The molecule has 1 heterocycles. The van der Waals surface area contributed by atoms with Crippen LogP contribution in [-0.2, 0) is 16.0 Å². The minimum Gasteiger partial charge on any atom is -0.339 e. The summed E-state index contributed by atoms with van der Waals surface area (Å²) in [5.74, 6) is 0.0621. The minimum absolute atomic E-state index is 0.0729. The number of carbonyl (C=O) groups is 2. The van der Waals surface area contributed by atoms with Crippen molar-refractivity contribution in [3.8, 4) is 0 Å². The molecule has 2 rings (SSSR count). The molecular weight excluding hydrogens is 462 g/mol. The molecule has 7 heteroatoms. The third-order valence-corrected chi connectivity index (χ3v) is 5.77. The lowest BCUT2D eigenvalue weighted by Crippen LogP contribution is -2.50. The molecule has 2 amide bonds. The lowest BCUT2D eigenvalue weighted by Gasteiger charge is -2.34. The van der Waals surface area contributed by atoms with Gasteiger partial charge < -0.3 is 9.80 Å². The normalized spacial score (nSPS) is 14.6. The van der Waals surface area contributed by atoms with Crippen LogP contribution in [0.5, 0.6) is 0 Å². The monoisotopic (exact) mass is 480 g/mol. The number of piperazine rings is 1. The molecule has 0 N–H and O–H groups in total. The summed E-state index contributed by atoms with van der Waals surface area (Å²) in [6.07, 6.45) is 3.36. The van der Waals surface area contributed by atoms with Crippen LogP contribution < -0.4 is 0 Å². The van der Waals surface area contributed by atoms with Crippen molar-refractivity contribution in [1.82, 2.24) is 9.80 Å². The number of benzene rings is 1. The highest BCUT2D eigenvalue weighted by molar-refractivity contribution is 14.1. The highest BCUT2D eigenvalue weighted by Gasteiger charge is 2.22. The Kier molecular flexibility index (Phi) is 7.37. The fourth-order valence-electron chi connectivity index (χ4n) is 2.65. The van der Waals surface area contributed by atoms with Crippen LogP contribution in [-0.4, -0.2) is 47.8 Å². The zero-order valence-corrected chi connectivity index (χ0v) is 16.9. The van der Waals surface area contributed by atoms with Crippen molar-refractivity contribution in [3.05, 3.63) is 44.0 Å². The van der Waals surface area contributed by atoms with Crippen molar-refractivity contribution < 1.29 is 9.59 Å². The first kappa shape index (κ1) is 19.5. The molecule has 0 radical (unpaired) electrons. The zero-order valence-electron chi connectivity index (χ0n) is 13.2. The second-order valence-electron chi connectivity index (χ2n) is 5.62. The lowest BCUT2D eigenvalue weighted by atomic mass is 10.1. The topological polar surface area (TPSA) is 40.6 Å². The van der Waals surface area contributed by atoms with Gasteiger partial charge in [-0.2, -0.15) is 0 Å². The summed E-state index contributed by atoms with van der Waals surface area (Å²) in [5.41, 5.74) is 1.11. The third-order valence-electron chi connectivity index (χ3n) is 4.04. The quantitative estimate of drug-likeness (QED) is 0.365. The maximum absolute atomic E-state index is 12.3. The number of rotatable bonds is 5. The maximum atomic E-state index is 12.3. The van der Waals surface area contributed by atoms with Gasteiger partial charge in [0.25, 0.3) is 0 Å². The summed E-state index contributed by atoms with van der Waals surface area (Å²) in [5, 5.41) is 1.09. The highest BCUT2D eigenvalue weighted by atomic mass is 127. The van der Waals surface area contributed by atoms with E-state index in [4.69, 9.17) is 23.2 Å². The number of hydrogen-bond donors (Lipinski definition) is 0. The van der Waals surface area contributed by atoms with E-state index in [1.807, 2.05) is 17.0 Å². The summed E-state index contributed by atoms with van der Waals surface area (Å²) < 4.78 is 1.06. The van der Waals surface area contributed by atoms with E-state index in [1.165, 1.54) is 6.08 Å². The summed E-state index contributed by atoms with van der Waals surface area (Å²) in [6, 6.07) is 3.72. The Labute approximate surface area is 165 Å². The van der Waals surface area contributed by atoms with Gasteiger partial charge in [0.1, 0.15) is 0 Å². The molecule has 1 aromatic rings. The first-order valence-corrected chi connectivity index (χ1v) is 9.58. The summed E-state index contributed by atoms with van der Waals surface area (Å²) >= 11 is 14.3. The van der Waals surface area contributed by atoms with Crippen LogP contribution in [0.25, 0.3) is 0 Å². The van der Waals surface area contributed by atoms with E-state index in [2.05, 4.69) is 29.2 Å². The minimum atomic E-state index is -0.0729. The largest absolute Gasteiger partial charge is 0.339 e. The van der Waals surface area contributed by atoms with E-state index in [9.17, 15) is 9.59 Å². The van der Waals surface area contributed by atoms with Crippen LogP contribution in [0.1, 0.15) is 18.4 Å². The van der Waals surface area contributed by atoms with Gasteiger partial charge in [-0.15, -0.1) is 0 Å². The first-order chi connectivity index (χ1) is 11.4. The van der Waals surface area contributed by atoms with Crippen molar-refractivity contribution in [1.29, 1.82) is 0 Å². The molecule has 0 atom stereocenters. The predicted octanol–water partition coefficient (Wildman–Crippen LogP) is 3.78. The molecule has 130 valence electrons. The Balaban J connectivity index is 1.79. The fourth-order valence-corrected chi connectivity index (χ4v) is 3.92. The van der Waals surface area contributed by atoms with Crippen molar-refractivity contribution in [2.75, 3.05) is 26.2 Å². The van der Waals surface area contributed by atoms with E-state index in [1.54, 1.807) is 4.90 Å². The van der Waals surface area contributed by atoms with Crippen molar-refractivity contribution >= 4 is 57.6 Å². The maximum Gasteiger partial charge on any atom is 0.246 e. The molecule has 0 unspecified atom stereocenters. The van der Waals surface area contributed by atoms with Gasteiger partial charge in [-0.05, 0) is 59.2 Å². The second kappa shape index (κ2) is 9.06. The molecule has 0 spiro atoms. The number of amides is 2. The molecule has 1 aliphatic rings. The molecule has 1 saturated heterocycles. The fraction of sp³-hybridized carbons (Fsp3) is 0.412. The smallest absolute Gasteiger partial charge is 0.246 e. The van der Waals surface area contributed by atoms with E-state index < -0.39 is 0 Å². The molecule has 0 saturated carbocycles. The van der Waals surface area contributed by atoms with E-state index in [0.717, 1.165) is 22.0 Å². The van der Waals surface area contributed by atoms with Crippen LogP contribution in [0, 0.1) is 3.57 Å². The van der Waals surface area contributed by atoms with Crippen LogP contribution >= 0.6 is 45.8 Å². The predicted molar refractivity (Wildman–Crippen MR) is 105 cm³/mol. The Morgan fingerprint density at radius 2 is 1.71 bits per heavy atom. The van der Waals surface area contributed by atoms with E-state index in [0.29, 0.717) is 42.6 Å². The van der Waals surface area contributed by atoms with Gasteiger partial charge in [0, 0.05) is 36.2 Å². The molecule has 0 bridgehead atoms. The van der Waals surface area contributed by atoms with E-state index in [-0.39, 0.29) is 11.8 Å².